The predicted octanol–water partition coefficient (Wildman–Crippen LogP) is 4.82. The van der Waals surface area contributed by atoms with E-state index in [9.17, 15) is 18.0 Å². The second-order valence-corrected chi connectivity index (χ2v) is 5.15. The minimum absolute atomic E-state index is 0.0736. The molecule has 110 valence electrons. The molecule has 0 heterocycles. The molecule has 0 amide bonds. The fourth-order valence-electron chi connectivity index (χ4n) is 1.74. The highest BCUT2D eigenvalue weighted by atomic mass is 79.9. The quantitative estimate of drug-likeness (QED) is 0.735. The van der Waals surface area contributed by atoms with E-state index in [0.29, 0.717) is 0 Å². The molecular weight excluding hydrogens is 349 g/mol. The summed E-state index contributed by atoms with van der Waals surface area (Å²) in [6, 6.07) is 11.4. The van der Waals surface area contributed by atoms with Crippen LogP contribution in [0.4, 0.5) is 13.2 Å². The van der Waals surface area contributed by atoms with Gasteiger partial charge in [0.15, 0.2) is 0 Å². The summed E-state index contributed by atoms with van der Waals surface area (Å²) >= 11 is 3.22. The molecule has 2 aromatic rings. The van der Waals surface area contributed by atoms with Crippen molar-refractivity contribution >= 4 is 21.9 Å². The molecule has 6 heteroatoms. The van der Waals surface area contributed by atoms with Crippen LogP contribution in [0.1, 0.15) is 21.5 Å². The van der Waals surface area contributed by atoms with Gasteiger partial charge in [-0.2, -0.15) is 13.2 Å². The van der Waals surface area contributed by atoms with E-state index in [1.165, 1.54) is 30.3 Å². The molecule has 0 aliphatic carbocycles. The Morgan fingerprint density at radius 1 is 1.05 bits per heavy atom. The molecule has 2 nitrogen and oxygen atoms in total. The largest absolute Gasteiger partial charge is 0.457 e. The number of benzene rings is 2. The second-order valence-electron chi connectivity index (χ2n) is 4.24. The van der Waals surface area contributed by atoms with E-state index >= 15 is 0 Å². The van der Waals surface area contributed by atoms with Gasteiger partial charge in [-0.05, 0) is 30.3 Å². The van der Waals surface area contributed by atoms with Gasteiger partial charge in [0, 0.05) is 10.0 Å². The third kappa shape index (κ3) is 4.07. The summed E-state index contributed by atoms with van der Waals surface area (Å²) < 4.78 is 44.1. The number of carbonyl (C=O) groups excluding carboxylic acids is 1. The van der Waals surface area contributed by atoms with Crippen molar-refractivity contribution in [3.05, 3.63) is 69.7 Å². The molecule has 2 aromatic carbocycles. The standard InChI is InChI=1S/C15H10BrF3O2/c16-12-7-5-10(6-8-12)14(20)21-9-11-3-1-2-4-13(11)15(17,18)19/h1-8H,9H2. The highest BCUT2D eigenvalue weighted by Crippen LogP contribution is 2.32. The van der Waals surface area contributed by atoms with E-state index in [2.05, 4.69) is 15.9 Å². The van der Waals surface area contributed by atoms with E-state index in [-0.39, 0.29) is 11.1 Å². The Morgan fingerprint density at radius 2 is 1.67 bits per heavy atom. The van der Waals surface area contributed by atoms with Gasteiger partial charge in [0.2, 0.25) is 0 Å². The van der Waals surface area contributed by atoms with Crippen LogP contribution in [-0.4, -0.2) is 5.97 Å². The van der Waals surface area contributed by atoms with Crippen molar-refractivity contribution in [3.8, 4) is 0 Å². The highest BCUT2D eigenvalue weighted by Gasteiger charge is 2.33. The number of hydrogen-bond donors (Lipinski definition) is 0. The fraction of sp³-hybridized carbons (Fsp3) is 0.133. The first-order valence-electron chi connectivity index (χ1n) is 5.96. The van der Waals surface area contributed by atoms with Gasteiger partial charge in [0.25, 0.3) is 0 Å². The Hall–Kier alpha value is -1.82. The molecular formula is C15H10BrF3O2. The number of halogens is 4. The van der Waals surface area contributed by atoms with E-state index < -0.39 is 24.3 Å². The molecule has 0 saturated heterocycles. The molecule has 0 unspecified atom stereocenters. The highest BCUT2D eigenvalue weighted by molar-refractivity contribution is 9.10. The van der Waals surface area contributed by atoms with Crippen molar-refractivity contribution in [2.24, 2.45) is 0 Å². The molecule has 0 N–H and O–H groups in total. The zero-order valence-electron chi connectivity index (χ0n) is 10.7. The van der Waals surface area contributed by atoms with Gasteiger partial charge < -0.3 is 4.74 Å². The van der Waals surface area contributed by atoms with Crippen LogP contribution in [0.3, 0.4) is 0 Å². The number of hydrogen-bond acceptors (Lipinski definition) is 2. The average Bonchev–Trinajstić information content (AvgIpc) is 2.45. The monoisotopic (exact) mass is 358 g/mol. The maximum atomic E-state index is 12.8. The Morgan fingerprint density at radius 3 is 2.29 bits per heavy atom. The lowest BCUT2D eigenvalue weighted by Gasteiger charge is -2.12. The van der Waals surface area contributed by atoms with Gasteiger partial charge in [-0.1, -0.05) is 34.1 Å². The van der Waals surface area contributed by atoms with Crippen LogP contribution < -0.4 is 0 Å². The van der Waals surface area contributed by atoms with Crippen molar-refractivity contribution in [1.82, 2.24) is 0 Å². The SMILES string of the molecule is O=C(OCc1ccccc1C(F)(F)F)c1ccc(Br)cc1. The van der Waals surface area contributed by atoms with Crippen LogP contribution in [0, 0.1) is 0 Å². The Balaban J connectivity index is 2.10. The summed E-state index contributed by atoms with van der Waals surface area (Å²) in [5, 5.41) is 0. The molecule has 0 bridgehead atoms. The Kier molecular flexibility index (Phi) is 4.67. The lowest BCUT2D eigenvalue weighted by atomic mass is 10.1. The molecule has 21 heavy (non-hydrogen) atoms. The summed E-state index contributed by atoms with van der Waals surface area (Å²) in [6.45, 7) is -0.426. The van der Waals surface area contributed by atoms with Crippen molar-refractivity contribution in [2.75, 3.05) is 0 Å². The van der Waals surface area contributed by atoms with Crippen LogP contribution in [0.5, 0.6) is 0 Å². The summed E-state index contributed by atoms with van der Waals surface area (Å²) in [4.78, 5) is 11.8. The predicted molar refractivity (Wildman–Crippen MR) is 74.7 cm³/mol. The molecule has 0 aromatic heterocycles. The third-order valence-corrected chi connectivity index (χ3v) is 3.29. The number of esters is 1. The first-order chi connectivity index (χ1) is 9.88. The topological polar surface area (TPSA) is 26.3 Å². The van der Waals surface area contributed by atoms with Crippen LogP contribution in [0.2, 0.25) is 0 Å². The molecule has 0 spiro atoms. The smallest absolute Gasteiger partial charge is 0.416 e. The molecule has 0 saturated carbocycles. The lowest BCUT2D eigenvalue weighted by Crippen LogP contribution is -2.12. The van der Waals surface area contributed by atoms with Crippen molar-refractivity contribution in [2.45, 2.75) is 12.8 Å². The maximum Gasteiger partial charge on any atom is 0.416 e. The number of carbonyl (C=O) groups is 1. The molecule has 0 aliphatic heterocycles. The van der Waals surface area contributed by atoms with Gasteiger partial charge in [0.05, 0.1) is 11.1 Å². The zero-order chi connectivity index (χ0) is 15.5. The van der Waals surface area contributed by atoms with Crippen LogP contribution in [0.25, 0.3) is 0 Å². The molecule has 0 radical (unpaired) electrons. The number of rotatable bonds is 3. The van der Waals surface area contributed by atoms with Crippen molar-refractivity contribution < 1.29 is 22.7 Å². The van der Waals surface area contributed by atoms with Crippen LogP contribution >= 0.6 is 15.9 Å². The van der Waals surface area contributed by atoms with Crippen LogP contribution in [-0.2, 0) is 17.5 Å². The molecule has 2 rings (SSSR count). The van der Waals surface area contributed by atoms with E-state index in [0.717, 1.165) is 10.5 Å². The molecule has 0 aliphatic rings. The van der Waals surface area contributed by atoms with Crippen molar-refractivity contribution in [1.29, 1.82) is 0 Å². The third-order valence-electron chi connectivity index (χ3n) is 2.76. The minimum Gasteiger partial charge on any atom is -0.457 e. The van der Waals surface area contributed by atoms with Crippen molar-refractivity contribution in [3.63, 3.8) is 0 Å². The van der Waals surface area contributed by atoms with Gasteiger partial charge in [-0.3, -0.25) is 0 Å². The summed E-state index contributed by atoms with van der Waals surface area (Å²) in [7, 11) is 0. The summed E-state index contributed by atoms with van der Waals surface area (Å²) in [5.74, 6) is -0.667. The normalized spacial score (nSPS) is 11.2. The maximum absolute atomic E-state index is 12.8. The van der Waals surface area contributed by atoms with Gasteiger partial charge in [-0.15, -0.1) is 0 Å². The van der Waals surface area contributed by atoms with E-state index in [1.54, 1.807) is 12.1 Å². The Bertz CT molecular complexity index is 636. The summed E-state index contributed by atoms with van der Waals surface area (Å²) in [6.07, 6.45) is -4.47. The Labute approximate surface area is 127 Å². The van der Waals surface area contributed by atoms with Gasteiger partial charge >= 0.3 is 12.1 Å². The summed E-state index contributed by atoms with van der Waals surface area (Å²) in [5.41, 5.74) is -0.591. The fourth-order valence-corrected chi connectivity index (χ4v) is 2.00. The van der Waals surface area contributed by atoms with Gasteiger partial charge in [-0.25, -0.2) is 4.79 Å². The first-order valence-corrected chi connectivity index (χ1v) is 6.75. The molecule has 0 atom stereocenters. The average molecular weight is 359 g/mol. The van der Waals surface area contributed by atoms with E-state index in [1.807, 2.05) is 0 Å². The van der Waals surface area contributed by atoms with Gasteiger partial charge in [0.1, 0.15) is 6.61 Å². The number of alkyl halides is 3. The lowest BCUT2D eigenvalue weighted by molar-refractivity contribution is -0.138. The number of ether oxygens (including phenoxy) is 1. The zero-order valence-corrected chi connectivity index (χ0v) is 12.2. The minimum atomic E-state index is -4.47. The first kappa shape index (κ1) is 15.6. The second kappa shape index (κ2) is 6.30. The molecule has 0 fully saturated rings. The van der Waals surface area contributed by atoms with Crippen LogP contribution in [0.15, 0.2) is 53.0 Å². The van der Waals surface area contributed by atoms with E-state index in [4.69, 9.17) is 4.74 Å².